The van der Waals surface area contributed by atoms with Crippen LogP contribution < -0.4 is 0 Å². The number of alkyl halides is 3. The molecule has 2 aliphatic rings. The molecule has 0 saturated heterocycles. The van der Waals surface area contributed by atoms with Gasteiger partial charge in [-0.2, -0.15) is 13.2 Å². The van der Waals surface area contributed by atoms with Crippen molar-refractivity contribution in [1.29, 1.82) is 0 Å². The van der Waals surface area contributed by atoms with Crippen LogP contribution in [-0.2, 0) is 30.5 Å². The Bertz CT molecular complexity index is 1160. The molecule has 0 atom stereocenters. The number of carbonyl (C=O) groups excluding carboxylic acids is 1. The predicted molar refractivity (Wildman–Crippen MR) is 118 cm³/mol. The van der Waals surface area contributed by atoms with E-state index in [2.05, 4.69) is 9.97 Å². The van der Waals surface area contributed by atoms with Crippen LogP contribution in [0.25, 0.3) is 11.0 Å². The standard InChI is InChI=1S/C23H25F3N4O2S/c24-23(25,26)22-28-11-16(33-22)12-30-19-13-29(20(32)10-14-3-5-15(31)6-4-14)9-7-17(19)18-2-1-8-27-21(18)30/h1-2,8,11,14-15,31H,3-7,9-10,12-13H2. The fraction of sp³-hybridized carbons (Fsp3) is 0.522. The Morgan fingerprint density at radius 3 is 2.73 bits per heavy atom. The summed E-state index contributed by atoms with van der Waals surface area (Å²) in [5, 5.41) is 9.85. The summed E-state index contributed by atoms with van der Waals surface area (Å²) in [7, 11) is 0. The van der Waals surface area contributed by atoms with Crippen molar-refractivity contribution >= 4 is 28.3 Å². The Hall–Kier alpha value is -2.46. The van der Waals surface area contributed by atoms with Gasteiger partial charge in [0, 0.05) is 41.3 Å². The van der Waals surface area contributed by atoms with Crippen LogP contribution in [0.5, 0.6) is 0 Å². The van der Waals surface area contributed by atoms with Crippen molar-refractivity contribution in [2.45, 2.75) is 63.9 Å². The molecule has 0 aromatic carbocycles. The molecular formula is C23H25F3N4O2S. The van der Waals surface area contributed by atoms with Crippen molar-refractivity contribution in [3.8, 4) is 0 Å². The Morgan fingerprint density at radius 1 is 1.21 bits per heavy atom. The first-order valence-corrected chi connectivity index (χ1v) is 12.0. The van der Waals surface area contributed by atoms with Crippen molar-refractivity contribution in [3.63, 3.8) is 0 Å². The molecule has 0 unspecified atom stereocenters. The van der Waals surface area contributed by atoms with Crippen LogP contribution in [-0.4, -0.2) is 43.1 Å². The number of pyridine rings is 1. The molecule has 3 aromatic heterocycles. The van der Waals surface area contributed by atoms with Gasteiger partial charge in [0.15, 0.2) is 5.01 Å². The molecule has 0 radical (unpaired) electrons. The van der Waals surface area contributed by atoms with Crippen molar-refractivity contribution in [3.05, 3.63) is 45.7 Å². The zero-order valence-corrected chi connectivity index (χ0v) is 18.8. The zero-order valence-electron chi connectivity index (χ0n) is 18.0. The van der Waals surface area contributed by atoms with E-state index >= 15 is 0 Å². The molecule has 10 heteroatoms. The molecule has 6 nitrogen and oxygen atoms in total. The number of rotatable bonds is 4. The summed E-state index contributed by atoms with van der Waals surface area (Å²) in [6.07, 6.45) is 2.63. The molecule has 1 saturated carbocycles. The minimum atomic E-state index is -4.46. The second-order valence-electron chi connectivity index (χ2n) is 8.96. The zero-order chi connectivity index (χ0) is 23.2. The molecule has 4 heterocycles. The molecule has 1 fully saturated rings. The third-order valence-electron chi connectivity index (χ3n) is 6.76. The maximum absolute atomic E-state index is 13.1. The molecule has 0 spiro atoms. The van der Waals surface area contributed by atoms with Gasteiger partial charge in [-0.1, -0.05) is 0 Å². The normalized spacial score (nSPS) is 21.4. The van der Waals surface area contributed by atoms with E-state index in [1.54, 1.807) is 6.20 Å². The summed E-state index contributed by atoms with van der Waals surface area (Å²) < 4.78 is 41.0. The van der Waals surface area contributed by atoms with Gasteiger partial charge in [-0.3, -0.25) is 4.79 Å². The van der Waals surface area contributed by atoms with E-state index in [0.717, 1.165) is 48.0 Å². The summed E-state index contributed by atoms with van der Waals surface area (Å²) in [5.74, 6) is 0.400. The topological polar surface area (TPSA) is 71.2 Å². The fourth-order valence-electron chi connectivity index (χ4n) is 5.04. The number of fused-ring (bicyclic) bond motifs is 3. The molecule has 33 heavy (non-hydrogen) atoms. The first-order valence-electron chi connectivity index (χ1n) is 11.2. The van der Waals surface area contributed by atoms with Gasteiger partial charge >= 0.3 is 6.18 Å². The van der Waals surface area contributed by atoms with Gasteiger partial charge < -0.3 is 14.6 Å². The van der Waals surface area contributed by atoms with E-state index in [1.165, 1.54) is 6.20 Å². The lowest BCUT2D eigenvalue weighted by atomic mass is 9.85. The highest BCUT2D eigenvalue weighted by atomic mass is 32.1. The number of halogens is 3. The Morgan fingerprint density at radius 2 is 2.00 bits per heavy atom. The van der Waals surface area contributed by atoms with Gasteiger partial charge in [0.25, 0.3) is 0 Å². The van der Waals surface area contributed by atoms with Crippen LogP contribution >= 0.6 is 11.3 Å². The van der Waals surface area contributed by atoms with Crippen LogP contribution in [0.1, 0.15) is 53.2 Å². The highest BCUT2D eigenvalue weighted by Gasteiger charge is 2.35. The van der Waals surface area contributed by atoms with Crippen LogP contribution in [0.3, 0.4) is 0 Å². The van der Waals surface area contributed by atoms with Crippen molar-refractivity contribution in [2.75, 3.05) is 6.54 Å². The number of amides is 1. The quantitative estimate of drug-likeness (QED) is 0.604. The van der Waals surface area contributed by atoms with E-state index in [0.29, 0.717) is 48.1 Å². The van der Waals surface area contributed by atoms with Crippen LogP contribution in [0, 0.1) is 5.92 Å². The lowest BCUT2D eigenvalue weighted by molar-refractivity contribution is -0.137. The molecule has 1 N–H and O–H groups in total. The Labute approximate surface area is 193 Å². The fourth-order valence-corrected chi connectivity index (χ4v) is 5.80. The number of hydrogen-bond acceptors (Lipinski definition) is 5. The number of thiazole rings is 1. The molecule has 3 aromatic rings. The number of hydrogen-bond donors (Lipinski definition) is 1. The highest BCUT2D eigenvalue weighted by molar-refractivity contribution is 7.11. The van der Waals surface area contributed by atoms with Gasteiger partial charge in [-0.25, -0.2) is 9.97 Å². The van der Waals surface area contributed by atoms with Crippen molar-refractivity contribution < 1.29 is 23.1 Å². The van der Waals surface area contributed by atoms with E-state index in [9.17, 15) is 23.1 Å². The minimum absolute atomic E-state index is 0.101. The number of aliphatic hydroxyl groups is 1. The minimum Gasteiger partial charge on any atom is -0.393 e. The average Bonchev–Trinajstić information content (AvgIpc) is 3.39. The maximum atomic E-state index is 13.1. The van der Waals surface area contributed by atoms with Gasteiger partial charge in [-0.05, 0) is 55.7 Å². The van der Waals surface area contributed by atoms with Crippen molar-refractivity contribution in [2.24, 2.45) is 5.92 Å². The van der Waals surface area contributed by atoms with Gasteiger partial charge in [0.05, 0.1) is 19.2 Å². The summed E-state index contributed by atoms with van der Waals surface area (Å²) in [4.78, 5) is 23.5. The Balaban J connectivity index is 1.40. The number of carbonyl (C=O) groups is 1. The van der Waals surface area contributed by atoms with E-state index in [4.69, 9.17) is 0 Å². The average molecular weight is 479 g/mol. The Kier molecular flexibility index (Phi) is 5.90. The molecule has 1 aliphatic carbocycles. The SMILES string of the molecule is O=C(CC1CCC(O)CC1)N1CCc2c(n(Cc3cnc(C(F)(F)F)s3)c3ncccc23)C1. The summed E-state index contributed by atoms with van der Waals surface area (Å²) in [5.41, 5.74) is 2.77. The maximum Gasteiger partial charge on any atom is 0.443 e. The number of nitrogens with zero attached hydrogens (tertiary/aromatic N) is 4. The van der Waals surface area contributed by atoms with Crippen LogP contribution in [0.15, 0.2) is 24.5 Å². The summed E-state index contributed by atoms with van der Waals surface area (Å²) in [6, 6.07) is 3.84. The van der Waals surface area contributed by atoms with Crippen LogP contribution in [0.4, 0.5) is 13.2 Å². The van der Waals surface area contributed by atoms with E-state index in [-0.39, 0.29) is 18.6 Å². The first kappa shape index (κ1) is 22.3. The molecule has 1 aliphatic heterocycles. The second kappa shape index (κ2) is 8.72. The first-order chi connectivity index (χ1) is 15.8. The molecule has 0 bridgehead atoms. The monoisotopic (exact) mass is 478 g/mol. The van der Waals surface area contributed by atoms with Crippen LogP contribution in [0.2, 0.25) is 0 Å². The summed E-state index contributed by atoms with van der Waals surface area (Å²) >= 11 is 0.642. The third kappa shape index (κ3) is 4.50. The van der Waals surface area contributed by atoms with Gasteiger partial charge in [0.1, 0.15) is 5.65 Å². The van der Waals surface area contributed by atoms with Crippen molar-refractivity contribution in [1.82, 2.24) is 19.4 Å². The molecule has 1 amide bonds. The van der Waals surface area contributed by atoms with Gasteiger partial charge in [-0.15, -0.1) is 11.3 Å². The molecular weight excluding hydrogens is 453 g/mol. The van der Waals surface area contributed by atoms with E-state index < -0.39 is 11.2 Å². The lowest BCUT2D eigenvalue weighted by Crippen LogP contribution is -2.38. The molecule has 5 rings (SSSR count). The highest BCUT2D eigenvalue weighted by Crippen LogP contribution is 2.35. The predicted octanol–water partition coefficient (Wildman–Crippen LogP) is 4.39. The number of aromatic nitrogens is 3. The third-order valence-corrected chi connectivity index (χ3v) is 7.78. The smallest absolute Gasteiger partial charge is 0.393 e. The summed E-state index contributed by atoms with van der Waals surface area (Å²) in [6.45, 7) is 1.28. The lowest BCUT2D eigenvalue weighted by Gasteiger charge is -2.31. The second-order valence-corrected chi connectivity index (χ2v) is 10.1. The molecule has 176 valence electrons. The van der Waals surface area contributed by atoms with E-state index in [1.807, 2.05) is 21.6 Å². The number of aliphatic hydroxyl groups excluding tert-OH is 1. The largest absolute Gasteiger partial charge is 0.443 e. The van der Waals surface area contributed by atoms with Gasteiger partial charge in [0.2, 0.25) is 5.91 Å².